The molecule has 2 N–H and O–H groups in total. The van der Waals surface area contributed by atoms with Gasteiger partial charge in [0, 0.05) is 11.1 Å². The highest BCUT2D eigenvalue weighted by Gasteiger charge is 2.54. The van der Waals surface area contributed by atoms with Gasteiger partial charge in [0.2, 0.25) is 5.91 Å². The number of aromatic amines is 1. The maximum Gasteiger partial charge on any atom is 0.359 e. The summed E-state index contributed by atoms with van der Waals surface area (Å²) in [6.07, 6.45) is 7.05. The van der Waals surface area contributed by atoms with Crippen molar-refractivity contribution in [3.05, 3.63) is 23.9 Å². The molecular formula is C20H23N3O3. The summed E-state index contributed by atoms with van der Waals surface area (Å²) in [5, 5.41) is 10.7. The van der Waals surface area contributed by atoms with Crippen LogP contribution in [0.15, 0.2) is 18.2 Å². The second kappa shape index (κ2) is 5.56. The first-order valence-corrected chi connectivity index (χ1v) is 9.44. The summed E-state index contributed by atoms with van der Waals surface area (Å²) in [5.74, 6) is 1.86. The summed E-state index contributed by atoms with van der Waals surface area (Å²) in [6, 6.07) is 5.51. The van der Waals surface area contributed by atoms with Gasteiger partial charge in [-0.2, -0.15) is 5.10 Å². The molecule has 4 saturated carbocycles. The van der Waals surface area contributed by atoms with Crippen LogP contribution in [0.1, 0.15) is 49.0 Å². The van der Waals surface area contributed by atoms with Crippen LogP contribution in [0.4, 0.5) is 5.69 Å². The van der Waals surface area contributed by atoms with E-state index in [-0.39, 0.29) is 17.0 Å². The standard InChI is InChI=1S/C20H23N3O3/c1-26-18(24)17-15-7-14(2-3-16(15)22-23-17)21-19(25)20-8-11-4-12(9-20)6-13(5-11)10-20/h2-3,7,11-13H,4-6,8-10H2,1H3,(H,21,25)(H,22,23). The highest BCUT2D eigenvalue weighted by Crippen LogP contribution is 2.60. The van der Waals surface area contributed by atoms with Gasteiger partial charge in [-0.1, -0.05) is 0 Å². The smallest absolute Gasteiger partial charge is 0.359 e. The summed E-state index contributed by atoms with van der Waals surface area (Å²) in [5.41, 5.74) is 1.52. The molecule has 0 saturated heterocycles. The maximum absolute atomic E-state index is 13.2. The third kappa shape index (κ3) is 2.35. The molecule has 0 radical (unpaired) electrons. The third-order valence-corrected chi connectivity index (χ3v) is 6.72. The number of methoxy groups -OCH3 is 1. The number of rotatable bonds is 3. The summed E-state index contributed by atoms with van der Waals surface area (Å²) < 4.78 is 4.78. The lowest BCUT2D eigenvalue weighted by Gasteiger charge is -2.55. The Bertz CT molecular complexity index is 866. The molecule has 2 aromatic rings. The number of amides is 1. The fraction of sp³-hybridized carbons (Fsp3) is 0.550. The van der Waals surface area contributed by atoms with Gasteiger partial charge in [0.05, 0.1) is 18.0 Å². The number of nitrogens with zero attached hydrogens (tertiary/aromatic N) is 1. The highest BCUT2D eigenvalue weighted by molar-refractivity contribution is 6.04. The van der Waals surface area contributed by atoms with Crippen LogP contribution in [0.2, 0.25) is 0 Å². The quantitative estimate of drug-likeness (QED) is 0.827. The molecule has 0 spiro atoms. The SMILES string of the molecule is COC(=O)c1n[nH]c2ccc(NC(=O)C34CC5CC(CC(C5)C3)C4)cc12. The van der Waals surface area contributed by atoms with Crippen molar-refractivity contribution in [1.29, 1.82) is 0 Å². The average molecular weight is 353 g/mol. The first kappa shape index (κ1) is 15.9. The molecule has 26 heavy (non-hydrogen) atoms. The zero-order chi connectivity index (χ0) is 17.9. The summed E-state index contributed by atoms with van der Waals surface area (Å²) in [7, 11) is 1.33. The maximum atomic E-state index is 13.2. The Balaban J connectivity index is 1.42. The summed E-state index contributed by atoms with van der Waals surface area (Å²) >= 11 is 0. The van der Waals surface area contributed by atoms with Crippen molar-refractivity contribution in [2.75, 3.05) is 12.4 Å². The zero-order valence-corrected chi connectivity index (χ0v) is 14.9. The molecule has 1 heterocycles. The van der Waals surface area contributed by atoms with Crippen molar-refractivity contribution in [3.63, 3.8) is 0 Å². The number of aromatic nitrogens is 2. The van der Waals surface area contributed by atoms with E-state index in [4.69, 9.17) is 4.74 Å². The Morgan fingerprint density at radius 1 is 1.15 bits per heavy atom. The Labute approximate surface area is 151 Å². The molecule has 0 aliphatic heterocycles. The molecule has 1 aromatic carbocycles. The minimum atomic E-state index is -0.485. The van der Waals surface area contributed by atoms with Crippen LogP contribution >= 0.6 is 0 Å². The molecule has 0 atom stereocenters. The van der Waals surface area contributed by atoms with Crippen molar-refractivity contribution in [3.8, 4) is 0 Å². The molecule has 6 heteroatoms. The number of hydrogen-bond donors (Lipinski definition) is 2. The first-order valence-electron chi connectivity index (χ1n) is 9.44. The first-order chi connectivity index (χ1) is 12.6. The second-order valence-electron chi connectivity index (χ2n) is 8.48. The normalized spacial score (nSPS) is 32.0. The number of nitrogens with one attached hydrogen (secondary N) is 2. The Morgan fingerprint density at radius 3 is 2.42 bits per heavy atom. The van der Waals surface area contributed by atoms with Crippen LogP contribution in [-0.4, -0.2) is 29.2 Å². The fourth-order valence-electron chi connectivity index (χ4n) is 6.00. The largest absolute Gasteiger partial charge is 0.464 e. The Morgan fingerprint density at radius 2 is 1.81 bits per heavy atom. The second-order valence-corrected chi connectivity index (χ2v) is 8.48. The van der Waals surface area contributed by atoms with Gasteiger partial charge in [0.25, 0.3) is 0 Å². The number of benzene rings is 1. The van der Waals surface area contributed by atoms with Crippen molar-refractivity contribution in [2.45, 2.75) is 38.5 Å². The van der Waals surface area contributed by atoms with E-state index in [1.165, 1.54) is 26.4 Å². The van der Waals surface area contributed by atoms with E-state index in [1.54, 1.807) is 0 Å². The lowest BCUT2D eigenvalue weighted by molar-refractivity contribution is -0.140. The van der Waals surface area contributed by atoms with E-state index in [0.29, 0.717) is 11.1 Å². The van der Waals surface area contributed by atoms with Gasteiger partial charge in [-0.15, -0.1) is 0 Å². The third-order valence-electron chi connectivity index (χ3n) is 6.72. The molecule has 0 unspecified atom stereocenters. The number of ether oxygens (including phenoxy) is 1. The van der Waals surface area contributed by atoms with Gasteiger partial charge >= 0.3 is 5.97 Å². The van der Waals surface area contributed by atoms with Crippen molar-refractivity contribution >= 4 is 28.5 Å². The van der Waals surface area contributed by atoms with Crippen molar-refractivity contribution in [2.24, 2.45) is 23.2 Å². The van der Waals surface area contributed by atoms with Gasteiger partial charge in [-0.3, -0.25) is 9.89 Å². The van der Waals surface area contributed by atoms with E-state index in [1.807, 2.05) is 18.2 Å². The molecule has 4 aliphatic carbocycles. The zero-order valence-electron chi connectivity index (χ0n) is 14.9. The van der Waals surface area contributed by atoms with E-state index in [0.717, 1.165) is 42.5 Å². The Hall–Kier alpha value is -2.37. The molecule has 1 aromatic heterocycles. The van der Waals surface area contributed by atoms with Gasteiger partial charge in [-0.05, 0) is 74.5 Å². The highest BCUT2D eigenvalue weighted by atomic mass is 16.5. The van der Waals surface area contributed by atoms with Crippen LogP contribution in [0, 0.1) is 23.2 Å². The van der Waals surface area contributed by atoms with Gasteiger partial charge in [0.15, 0.2) is 5.69 Å². The number of H-pyrrole nitrogens is 1. The molecule has 6 rings (SSSR count). The van der Waals surface area contributed by atoms with Gasteiger partial charge < -0.3 is 10.1 Å². The number of fused-ring (bicyclic) bond motifs is 1. The molecule has 1 amide bonds. The topological polar surface area (TPSA) is 84.1 Å². The van der Waals surface area contributed by atoms with E-state index in [2.05, 4.69) is 15.5 Å². The molecule has 136 valence electrons. The van der Waals surface area contributed by atoms with Gasteiger partial charge in [-0.25, -0.2) is 4.79 Å². The van der Waals surface area contributed by atoms with Crippen LogP contribution in [0.3, 0.4) is 0 Å². The monoisotopic (exact) mass is 353 g/mol. The average Bonchev–Trinajstić information content (AvgIpc) is 3.03. The molecular weight excluding hydrogens is 330 g/mol. The van der Waals surface area contributed by atoms with Crippen LogP contribution < -0.4 is 5.32 Å². The van der Waals surface area contributed by atoms with Crippen molar-refractivity contribution in [1.82, 2.24) is 10.2 Å². The Kier molecular flexibility index (Phi) is 3.39. The van der Waals surface area contributed by atoms with E-state index < -0.39 is 5.97 Å². The minimum Gasteiger partial charge on any atom is -0.464 e. The molecule has 4 bridgehead atoms. The fourth-order valence-corrected chi connectivity index (χ4v) is 6.00. The minimum absolute atomic E-state index is 0.152. The van der Waals surface area contributed by atoms with Crippen LogP contribution in [0.5, 0.6) is 0 Å². The lowest BCUT2D eigenvalue weighted by Crippen LogP contribution is -2.51. The predicted molar refractivity (Wildman–Crippen MR) is 96.7 cm³/mol. The van der Waals surface area contributed by atoms with Crippen LogP contribution in [0.25, 0.3) is 10.9 Å². The van der Waals surface area contributed by atoms with E-state index >= 15 is 0 Å². The lowest BCUT2D eigenvalue weighted by atomic mass is 9.49. The molecule has 6 nitrogen and oxygen atoms in total. The van der Waals surface area contributed by atoms with Crippen molar-refractivity contribution < 1.29 is 14.3 Å². The number of anilines is 1. The summed E-state index contributed by atoms with van der Waals surface area (Å²) in [6.45, 7) is 0. The summed E-state index contributed by atoms with van der Waals surface area (Å²) in [4.78, 5) is 25.0. The van der Waals surface area contributed by atoms with E-state index in [9.17, 15) is 9.59 Å². The predicted octanol–water partition coefficient (Wildman–Crippen LogP) is 3.50. The van der Waals surface area contributed by atoms with Gasteiger partial charge in [0.1, 0.15) is 0 Å². The van der Waals surface area contributed by atoms with Crippen LogP contribution in [-0.2, 0) is 9.53 Å². The number of carbonyl (C=O) groups is 2. The molecule has 4 fully saturated rings. The molecule has 4 aliphatic rings. The number of esters is 1. The number of carbonyl (C=O) groups excluding carboxylic acids is 2. The number of hydrogen-bond acceptors (Lipinski definition) is 4.